The van der Waals surface area contributed by atoms with E-state index >= 15 is 0 Å². The summed E-state index contributed by atoms with van der Waals surface area (Å²) in [6, 6.07) is 30.6. The molecule has 0 aliphatic rings. The molecule has 0 saturated carbocycles. The molecule has 0 spiro atoms. The third kappa shape index (κ3) is 3.07. The predicted octanol–water partition coefficient (Wildman–Crippen LogP) is 7.52. The van der Waals surface area contributed by atoms with Gasteiger partial charge in [-0.25, -0.2) is 0 Å². The molecule has 5 aromatic carbocycles. The van der Waals surface area contributed by atoms with E-state index in [0.717, 1.165) is 11.3 Å². The van der Waals surface area contributed by atoms with Crippen LogP contribution in [-0.4, -0.2) is 19.5 Å². The molecule has 0 bridgehead atoms. The minimum absolute atomic E-state index is 0.968. The lowest BCUT2D eigenvalue weighted by Crippen LogP contribution is -1.86. The van der Waals surface area contributed by atoms with Crippen molar-refractivity contribution in [2.75, 3.05) is 7.05 Å². The second-order valence-electron chi connectivity index (χ2n) is 7.54. The Morgan fingerprint density at radius 3 is 1.70 bits per heavy atom. The van der Waals surface area contributed by atoms with Gasteiger partial charge in [0.25, 0.3) is 0 Å². The van der Waals surface area contributed by atoms with Crippen LogP contribution in [0.25, 0.3) is 43.4 Å². The maximum atomic E-state index is 4.48. The van der Waals surface area contributed by atoms with Crippen LogP contribution in [0.1, 0.15) is 5.56 Å². The fourth-order valence-electron chi connectivity index (χ4n) is 4.25. The number of fused-ring (bicyclic) bond motifs is 6. The number of nitrogens with zero attached hydrogens (tertiary/aromatic N) is 2. The van der Waals surface area contributed by atoms with E-state index in [0.29, 0.717) is 0 Å². The largest absolute Gasteiger partial charge is 0.295 e. The van der Waals surface area contributed by atoms with E-state index in [-0.39, 0.29) is 0 Å². The lowest BCUT2D eigenvalue weighted by molar-refractivity contribution is 1.41. The molecule has 2 heteroatoms. The Morgan fingerprint density at radius 2 is 1.10 bits per heavy atom. The molecule has 0 fully saturated rings. The first kappa shape index (κ1) is 18.3. The van der Waals surface area contributed by atoms with E-state index < -0.39 is 0 Å². The lowest BCUT2D eigenvalue weighted by Gasteiger charge is -2.12. The monoisotopic (exact) mass is 386 g/mol. The Bertz CT molecular complexity index is 1420. The number of aliphatic imine (C=N–C) groups is 2. The van der Waals surface area contributed by atoms with Gasteiger partial charge in [0, 0.05) is 19.5 Å². The molecule has 5 rings (SSSR count). The molecule has 0 radical (unpaired) electrons. The van der Waals surface area contributed by atoms with Gasteiger partial charge < -0.3 is 0 Å². The van der Waals surface area contributed by atoms with E-state index in [1.807, 2.05) is 0 Å². The van der Waals surface area contributed by atoms with Crippen LogP contribution >= 0.6 is 0 Å². The average molecular weight is 386 g/mol. The Hall–Kier alpha value is -3.78. The van der Waals surface area contributed by atoms with Gasteiger partial charge in [-0.1, -0.05) is 66.7 Å². The second-order valence-corrected chi connectivity index (χ2v) is 7.54. The summed E-state index contributed by atoms with van der Waals surface area (Å²) >= 11 is 0. The molecule has 0 saturated heterocycles. The van der Waals surface area contributed by atoms with Crippen LogP contribution in [0.4, 0.5) is 5.69 Å². The molecule has 0 aromatic heterocycles. The van der Waals surface area contributed by atoms with Crippen molar-refractivity contribution in [3.8, 4) is 11.1 Å². The summed E-state index contributed by atoms with van der Waals surface area (Å²) in [6.07, 6.45) is 3.43. The molecule has 0 amide bonds. The molecule has 30 heavy (non-hydrogen) atoms. The van der Waals surface area contributed by atoms with E-state index in [9.17, 15) is 0 Å². The van der Waals surface area contributed by atoms with Gasteiger partial charge in [0.1, 0.15) is 0 Å². The fraction of sp³-hybridized carbons (Fsp3) is 0.0714. The summed E-state index contributed by atoms with van der Waals surface area (Å²) in [5, 5.41) is 7.80. The Balaban J connectivity index is 1.72. The molecular formula is C28H22N2. The van der Waals surface area contributed by atoms with Crippen LogP contribution in [-0.2, 0) is 0 Å². The summed E-state index contributed by atoms with van der Waals surface area (Å²) in [6.45, 7) is 2.10. The van der Waals surface area contributed by atoms with E-state index in [1.54, 1.807) is 19.5 Å². The highest BCUT2D eigenvalue weighted by atomic mass is 14.7. The van der Waals surface area contributed by atoms with Crippen molar-refractivity contribution in [3.05, 3.63) is 90.5 Å². The van der Waals surface area contributed by atoms with Crippen LogP contribution < -0.4 is 0 Å². The van der Waals surface area contributed by atoms with Crippen molar-refractivity contribution in [2.45, 2.75) is 6.92 Å². The van der Waals surface area contributed by atoms with E-state index in [4.69, 9.17) is 0 Å². The molecule has 2 nitrogen and oxygen atoms in total. The minimum atomic E-state index is 0.968. The summed E-state index contributed by atoms with van der Waals surface area (Å²) < 4.78 is 0. The summed E-state index contributed by atoms with van der Waals surface area (Å²) in [4.78, 5) is 8.43. The van der Waals surface area contributed by atoms with Crippen molar-refractivity contribution >= 4 is 50.4 Å². The second kappa shape index (κ2) is 7.57. The molecule has 5 aromatic rings. The third-order valence-electron chi connectivity index (χ3n) is 5.70. The quantitative estimate of drug-likeness (QED) is 0.226. The Kier molecular flexibility index (Phi) is 4.61. The number of aryl methyl sites for hydroxylation is 1. The van der Waals surface area contributed by atoms with Gasteiger partial charge in [0.2, 0.25) is 0 Å². The maximum absolute atomic E-state index is 4.48. The van der Waals surface area contributed by atoms with Crippen LogP contribution in [0, 0.1) is 6.92 Å². The van der Waals surface area contributed by atoms with Gasteiger partial charge in [-0.3, -0.25) is 9.98 Å². The average Bonchev–Trinajstić information content (AvgIpc) is 2.80. The van der Waals surface area contributed by atoms with Crippen molar-refractivity contribution < 1.29 is 0 Å². The maximum Gasteiger partial charge on any atom is 0.0659 e. The highest BCUT2D eigenvalue weighted by Gasteiger charge is 2.10. The van der Waals surface area contributed by atoms with Gasteiger partial charge in [-0.05, 0) is 74.1 Å². The molecule has 0 N–H and O–H groups in total. The number of hydrogen-bond acceptors (Lipinski definition) is 2. The summed E-state index contributed by atoms with van der Waals surface area (Å²) in [5.74, 6) is 0. The Morgan fingerprint density at radius 1 is 0.567 bits per heavy atom. The molecule has 144 valence electrons. The summed E-state index contributed by atoms with van der Waals surface area (Å²) in [5.41, 5.74) is 4.54. The van der Waals surface area contributed by atoms with Crippen molar-refractivity contribution in [3.63, 3.8) is 0 Å². The first-order chi connectivity index (χ1) is 14.8. The van der Waals surface area contributed by atoms with Crippen molar-refractivity contribution in [2.24, 2.45) is 9.98 Å². The molecular weight excluding hydrogens is 364 g/mol. The summed E-state index contributed by atoms with van der Waals surface area (Å²) in [7, 11) is 1.74. The molecule has 0 aliphatic heterocycles. The SMILES string of the molecule is C/N=C/C=N\c1ccc(-c2ccc3c4ccccc4c4ccccc4c3c2)cc1C. The van der Waals surface area contributed by atoms with Crippen LogP contribution in [0.3, 0.4) is 0 Å². The van der Waals surface area contributed by atoms with Crippen LogP contribution in [0.15, 0.2) is 94.9 Å². The molecule has 0 aliphatic carbocycles. The first-order valence-electron chi connectivity index (χ1n) is 10.2. The highest BCUT2D eigenvalue weighted by Crippen LogP contribution is 2.37. The van der Waals surface area contributed by atoms with Gasteiger partial charge >= 0.3 is 0 Å². The van der Waals surface area contributed by atoms with Gasteiger partial charge in [0.05, 0.1) is 5.69 Å². The normalized spacial score (nSPS) is 12.1. The van der Waals surface area contributed by atoms with Crippen LogP contribution in [0.2, 0.25) is 0 Å². The topological polar surface area (TPSA) is 24.7 Å². The molecule has 0 atom stereocenters. The number of rotatable bonds is 3. The van der Waals surface area contributed by atoms with Gasteiger partial charge in [0.15, 0.2) is 0 Å². The fourth-order valence-corrected chi connectivity index (χ4v) is 4.25. The van der Waals surface area contributed by atoms with Crippen molar-refractivity contribution in [1.82, 2.24) is 0 Å². The van der Waals surface area contributed by atoms with Gasteiger partial charge in [-0.15, -0.1) is 0 Å². The molecule has 0 heterocycles. The van der Waals surface area contributed by atoms with Crippen molar-refractivity contribution in [1.29, 1.82) is 0 Å². The first-order valence-corrected chi connectivity index (χ1v) is 10.2. The zero-order valence-electron chi connectivity index (χ0n) is 17.1. The number of hydrogen-bond donors (Lipinski definition) is 0. The van der Waals surface area contributed by atoms with Gasteiger partial charge in [-0.2, -0.15) is 0 Å². The standard InChI is InChI=1S/C28H22N2/c1-19-17-20(12-14-28(19)30-16-15-29-2)21-11-13-26-24-9-4-3-7-22(24)23-8-5-6-10-25(23)27(26)18-21/h3-18H,1-2H3/b29-15+,30-16-. The minimum Gasteiger partial charge on any atom is -0.295 e. The zero-order valence-corrected chi connectivity index (χ0v) is 17.1. The number of benzene rings is 5. The smallest absolute Gasteiger partial charge is 0.0659 e. The van der Waals surface area contributed by atoms with Crippen LogP contribution in [0.5, 0.6) is 0 Å². The predicted molar refractivity (Wildman–Crippen MR) is 132 cm³/mol. The highest BCUT2D eigenvalue weighted by molar-refractivity contribution is 6.25. The molecule has 0 unspecified atom stereocenters. The third-order valence-corrected chi connectivity index (χ3v) is 5.70. The lowest BCUT2D eigenvalue weighted by atomic mass is 9.92. The Labute approximate surface area is 176 Å². The van der Waals surface area contributed by atoms with E-state index in [2.05, 4.69) is 102 Å². The zero-order chi connectivity index (χ0) is 20.5. The van der Waals surface area contributed by atoms with E-state index in [1.165, 1.54) is 43.4 Å².